The smallest absolute Gasteiger partial charge is 0.303 e. The average Bonchev–Trinajstić information content (AvgIpc) is 2.77. The topological polar surface area (TPSA) is 110 Å². The highest BCUT2D eigenvalue weighted by molar-refractivity contribution is 7.90. The molecule has 8 heteroatoms. The molecule has 1 aromatic carbocycles. The van der Waals surface area contributed by atoms with E-state index in [1.807, 2.05) is 19.1 Å². The SMILES string of the molecule is CC(CCCCCCCCCCCCC(=O)Nc1ccccc1OCCCC(=O)O)CS(C)(=O)=O. The summed E-state index contributed by atoms with van der Waals surface area (Å²) in [6.45, 7) is 2.31. The Hall–Kier alpha value is -2.09. The van der Waals surface area contributed by atoms with Crippen LogP contribution < -0.4 is 10.1 Å². The molecule has 7 nitrogen and oxygen atoms in total. The van der Waals surface area contributed by atoms with Crippen molar-refractivity contribution in [1.82, 2.24) is 0 Å². The molecule has 1 unspecified atom stereocenters. The molecule has 35 heavy (non-hydrogen) atoms. The van der Waals surface area contributed by atoms with E-state index in [4.69, 9.17) is 9.84 Å². The zero-order chi connectivity index (χ0) is 25.9. The van der Waals surface area contributed by atoms with Gasteiger partial charge in [-0.05, 0) is 37.3 Å². The molecular weight excluding hydrogens is 466 g/mol. The highest BCUT2D eigenvalue weighted by atomic mass is 32.2. The number of hydrogen-bond donors (Lipinski definition) is 2. The number of unbranched alkanes of at least 4 members (excludes halogenated alkanes) is 9. The van der Waals surface area contributed by atoms with Gasteiger partial charge in [-0.15, -0.1) is 0 Å². The lowest BCUT2D eigenvalue weighted by atomic mass is 10.0. The molecule has 0 aromatic heterocycles. The molecule has 0 aliphatic heterocycles. The Morgan fingerprint density at radius 1 is 0.886 bits per heavy atom. The summed E-state index contributed by atoms with van der Waals surface area (Å²) in [7, 11) is -2.86. The second-order valence-electron chi connectivity index (χ2n) is 9.66. The average molecular weight is 512 g/mol. The first kappa shape index (κ1) is 30.9. The molecule has 1 aromatic rings. The number of carbonyl (C=O) groups is 2. The number of amides is 1. The minimum atomic E-state index is -2.86. The third-order valence-electron chi connectivity index (χ3n) is 5.89. The molecule has 0 spiro atoms. The van der Waals surface area contributed by atoms with Gasteiger partial charge in [0.25, 0.3) is 0 Å². The van der Waals surface area contributed by atoms with E-state index >= 15 is 0 Å². The Morgan fingerprint density at radius 3 is 2.06 bits per heavy atom. The lowest BCUT2D eigenvalue weighted by Gasteiger charge is -2.12. The first-order valence-electron chi connectivity index (χ1n) is 13.1. The van der Waals surface area contributed by atoms with Crippen molar-refractivity contribution in [1.29, 1.82) is 0 Å². The number of nitrogens with one attached hydrogen (secondary N) is 1. The molecule has 0 bridgehead atoms. The van der Waals surface area contributed by atoms with Gasteiger partial charge in [0.05, 0.1) is 18.0 Å². The molecule has 0 heterocycles. The second-order valence-corrected chi connectivity index (χ2v) is 11.8. The highest BCUT2D eigenvalue weighted by Crippen LogP contribution is 2.24. The lowest BCUT2D eigenvalue weighted by Crippen LogP contribution is -2.12. The summed E-state index contributed by atoms with van der Waals surface area (Å²) in [5.74, 6) is 0.241. The predicted molar refractivity (Wildman–Crippen MR) is 142 cm³/mol. The number of rotatable bonds is 21. The normalized spacial score (nSPS) is 12.3. The minimum Gasteiger partial charge on any atom is -0.491 e. The lowest BCUT2D eigenvalue weighted by molar-refractivity contribution is -0.137. The molecule has 1 atom stereocenters. The minimum absolute atomic E-state index is 0.0301. The van der Waals surface area contributed by atoms with Crippen molar-refractivity contribution in [2.24, 2.45) is 5.92 Å². The van der Waals surface area contributed by atoms with Gasteiger partial charge >= 0.3 is 5.97 Å². The van der Waals surface area contributed by atoms with E-state index in [9.17, 15) is 18.0 Å². The number of benzene rings is 1. The van der Waals surface area contributed by atoms with E-state index in [0.29, 0.717) is 36.6 Å². The van der Waals surface area contributed by atoms with Gasteiger partial charge < -0.3 is 15.2 Å². The van der Waals surface area contributed by atoms with Crippen LogP contribution >= 0.6 is 0 Å². The van der Waals surface area contributed by atoms with Gasteiger partial charge in [0, 0.05) is 19.1 Å². The Balaban J connectivity index is 2.03. The van der Waals surface area contributed by atoms with Crippen LogP contribution in [0, 0.1) is 5.92 Å². The summed E-state index contributed by atoms with van der Waals surface area (Å²) in [5.41, 5.74) is 0.623. The molecule has 0 saturated carbocycles. The van der Waals surface area contributed by atoms with Crippen LogP contribution in [-0.4, -0.2) is 44.0 Å². The maximum absolute atomic E-state index is 12.3. The molecule has 0 radical (unpaired) electrons. The Labute approximate surface area is 212 Å². The molecular formula is C27H45NO6S. The van der Waals surface area contributed by atoms with Crippen LogP contribution in [0.15, 0.2) is 24.3 Å². The molecule has 2 N–H and O–H groups in total. The van der Waals surface area contributed by atoms with Gasteiger partial charge in [0.2, 0.25) is 5.91 Å². The van der Waals surface area contributed by atoms with Crippen LogP contribution in [-0.2, 0) is 19.4 Å². The fourth-order valence-electron chi connectivity index (χ4n) is 4.11. The van der Waals surface area contributed by atoms with Crippen LogP contribution in [0.5, 0.6) is 5.75 Å². The van der Waals surface area contributed by atoms with Gasteiger partial charge in [-0.3, -0.25) is 9.59 Å². The fraction of sp³-hybridized carbons (Fsp3) is 0.704. The Bertz CT molecular complexity index is 840. The molecule has 0 fully saturated rings. The van der Waals surface area contributed by atoms with Crippen molar-refractivity contribution in [2.75, 3.05) is 23.9 Å². The number of aliphatic carboxylic acids is 1. The Kier molecular flexibility index (Phi) is 16.1. The van der Waals surface area contributed by atoms with Crippen LogP contribution in [0.4, 0.5) is 5.69 Å². The van der Waals surface area contributed by atoms with Crippen molar-refractivity contribution in [3.05, 3.63) is 24.3 Å². The number of carbonyl (C=O) groups excluding carboxylic acids is 1. The first-order chi connectivity index (χ1) is 16.7. The molecule has 1 rings (SSSR count). The molecule has 200 valence electrons. The van der Waals surface area contributed by atoms with Gasteiger partial charge in [0.15, 0.2) is 0 Å². The molecule has 0 aliphatic carbocycles. The first-order valence-corrected chi connectivity index (χ1v) is 15.1. The van der Waals surface area contributed by atoms with Crippen molar-refractivity contribution in [2.45, 2.75) is 96.8 Å². The number of hydrogen-bond acceptors (Lipinski definition) is 5. The van der Waals surface area contributed by atoms with Crippen molar-refractivity contribution in [3.63, 3.8) is 0 Å². The Morgan fingerprint density at radius 2 is 1.46 bits per heavy atom. The van der Waals surface area contributed by atoms with Crippen molar-refractivity contribution >= 4 is 27.4 Å². The van der Waals surface area contributed by atoms with E-state index in [0.717, 1.165) is 32.1 Å². The highest BCUT2D eigenvalue weighted by Gasteiger charge is 2.10. The largest absolute Gasteiger partial charge is 0.491 e. The van der Waals surface area contributed by atoms with E-state index in [2.05, 4.69) is 5.32 Å². The van der Waals surface area contributed by atoms with Gasteiger partial charge in [-0.1, -0.05) is 76.8 Å². The summed E-state index contributed by atoms with van der Waals surface area (Å²) in [5, 5.41) is 11.6. The van der Waals surface area contributed by atoms with Crippen LogP contribution in [0.2, 0.25) is 0 Å². The second kappa shape index (κ2) is 18.2. The van der Waals surface area contributed by atoms with Gasteiger partial charge in [0.1, 0.15) is 15.6 Å². The van der Waals surface area contributed by atoms with E-state index in [1.54, 1.807) is 12.1 Å². The fourth-order valence-corrected chi connectivity index (χ4v) is 5.31. The monoisotopic (exact) mass is 511 g/mol. The van der Waals surface area contributed by atoms with E-state index in [1.165, 1.54) is 44.8 Å². The van der Waals surface area contributed by atoms with E-state index in [-0.39, 0.29) is 18.2 Å². The predicted octanol–water partition coefficient (Wildman–Crippen LogP) is 6.23. The van der Waals surface area contributed by atoms with E-state index < -0.39 is 15.8 Å². The zero-order valence-electron chi connectivity index (χ0n) is 21.6. The maximum Gasteiger partial charge on any atom is 0.303 e. The quantitative estimate of drug-likeness (QED) is 0.189. The summed E-state index contributed by atoms with van der Waals surface area (Å²) in [4.78, 5) is 22.9. The third-order valence-corrected chi connectivity index (χ3v) is 7.07. The molecule has 0 aliphatic rings. The summed E-state index contributed by atoms with van der Waals surface area (Å²) in [6, 6.07) is 7.22. The van der Waals surface area contributed by atoms with Gasteiger partial charge in [-0.2, -0.15) is 0 Å². The summed E-state index contributed by atoms with van der Waals surface area (Å²) in [6.07, 6.45) is 14.7. The summed E-state index contributed by atoms with van der Waals surface area (Å²) >= 11 is 0. The number of carboxylic acids is 1. The van der Waals surface area contributed by atoms with Crippen LogP contribution in [0.3, 0.4) is 0 Å². The number of ether oxygens (including phenoxy) is 1. The van der Waals surface area contributed by atoms with Crippen molar-refractivity contribution in [3.8, 4) is 5.75 Å². The number of anilines is 1. The number of para-hydroxylation sites is 2. The molecule has 0 saturated heterocycles. The van der Waals surface area contributed by atoms with Crippen LogP contribution in [0.1, 0.15) is 96.8 Å². The maximum atomic E-state index is 12.3. The standard InChI is InChI=1S/C27H45NO6S/c1-23(22-35(2,32)33)16-11-9-7-5-3-4-6-8-10-12-19-26(29)28-24-17-13-14-18-25(24)34-21-15-20-27(30)31/h13-14,17-18,23H,3-12,15-16,19-22H2,1-2H3,(H,28,29)(H,30,31). The van der Waals surface area contributed by atoms with Crippen LogP contribution in [0.25, 0.3) is 0 Å². The zero-order valence-corrected chi connectivity index (χ0v) is 22.4. The molecule has 1 amide bonds. The third kappa shape index (κ3) is 17.9. The number of carboxylic acid groups (broad SMARTS) is 1. The van der Waals surface area contributed by atoms with Gasteiger partial charge in [-0.25, -0.2) is 8.42 Å². The summed E-state index contributed by atoms with van der Waals surface area (Å²) < 4.78 is 28.2. The number of sulfone groups is 1. The van der Waals surface area contributed by atoms with Crippen molar-refractivity contribution < 1.29 is 27.9 Å².